The van der Waals surface area contributed by atoms with Gasteiger partial charge in [0.15, 0.2) is 9.84 Å². The van der Waals surface area contributed by atoms with Crippen molar-refractivity contribution in [3.63, 3.8) is 0 Å². The summed E-state index contributed by atoms with van der Waals surface area (Å²) in [7, 11) is -3.36. The molecule has 0 aliphatic rings. The molecule has 0 spiro atoms. The average Bonchev–Trinajstić information content (AvgIpc) is 3.09. The number of sulfone groups is 1. The zero-order valence-electron chi connectivity index (χ0n) is 12.6. The molecule has 24 heavy (non-hydrogen) atoms. The number of benzene rings is 2. The van der Waals surface area contributed by atoms with Gasteiger partial charge in [0.05, 0.1) is 10.6 Å². The van der Waals surface area contributed by atoms with Crippen LogP contribution < -0.4 is 5.32 Å². The van der Waals surface area contributed by atoms with Crippen molar-refractivity contribution < 1.29 is 13.2 Å². The summed E-state index contributed by atoms with van der Waals surface area (Å²) < 4.78 is 24.6. The van der Waals surface area contributed by atoms with Crippen molar-refractivity contribution in [2.45, 2.75) is 4.90 Å². The number of aromatic nitrogens is 4. The fourth-order valence-corrected chi connectivity index (χ4v) is 2.72. The number of carbonyl (C=O) groups excluding carboxylic acids is 1. The standard InChI is InChI=1S/C15H13N5O3S/c1-24(22,23)14-4-2-3-11(9-14)15(21)17-12-5-7-13(8-6-12)20-10-16-18-19-20/h2-10H,1H3,(H,17,21). The number of carbonyl (C=O) groups is 1. The fraction of sp³-hybridized carbons (Fsp3) is 0.0667. The first-order valence-corrected chi connectivity index (χ1v) is 8.77. The minimum atomic E-state index is -3.36. The minimum Gasteiger partial charge on any atom is -0.322 e. The van der Waals surface area contributed by atoms with E-state index in [9.17, 15) is 13.2 Å². The summed E-state index contributed by atoms with van der Waals surface area (Å²) in [5.74, 6) is -0.393. The van der Waals surface area contributed by atoms with Crippen molar-refractivity contribution in [3.05, 3.63) is 60.4 Å². The Morgan fingerprint density at radius 3 is 2.50 bits per heavy atom. The molecule has 0 bridgehead atoms. The van der Waals surface area contributed by atoms with E-state index in [2.05, 4.69) is 20.8 Å². The van der Waals surface area contributed by atoms with E-state index in [1.807, 2.05) is 0 Å². The minimum absolute atomic E-state index is 0.101. The van der Waals surface area contributed by atoms with E-state index in [0.29, 0.717) is 5.69 Å². The lowest BCUT2D eigenvalue weighted by Crippen LogP contribution is -2.12. The van der Waals surface area contributed by atoms with Crippen LogP contribution in [0.1, 0.15) is 10.4 Å². The van der Waals surface area contributed by atoms with Crippen LogP contribution in [0, 0.1) is 0 Å². The molecule has 1 N–H and O–H groups in total. The van der Waals surface area contributed by atoms with Crippen LogP contribution in [0.3, 0.4) is 0 Å². The third kappa shape index (κ3) is 3.46. The van der Waals surface area contributed by atoms with E-state index in [-0.39, 0.29) is 10.5 Å². The molecule has 8 nitrogen and oxygen atoms in total. The van der Waals surface area contributed by atoms with E-state index >= 15 is 0 Å². The maximum absolute atomic E-state index is 12.3. The molecule has 9 heteroatoms. The highest BCUT2D eigenvalue weighted by Crippen LogP contribution is 2.15. The van der Waals surface area contributed by atoms with Gasteiger partial charge in [-0.15, -0.1) is 5.10 Å². The normalized spacial score (nSPS) is 11.2. The summed E-state index contributed by atoms with van der Waals surface area (Å²) in [6.07, 6.45) is 2.56. The Morgan fingerprint density at radius 2 is 1.88 bits per heavy atom. The van der Waals surface area contributed by atoms with E-state index in [0.717, 1.165) is 11.9 Å². The van der Waals surface area contributed by atoms with Crippen LogP contribution in [0.2, 0.25) is 0 Å². The maximum atomic E-state index is 12.3. The third-order valence-corrected chi connectivity index (χ3v) is 4.37. The van der Waals surface area contributed by atoms with Crippen LogP contribution in [-0.2, 0) is 9.84 Å². The molecule has 3 aromatic rings. The highest BCUT2D eigenvalue weighted by Gasteiger charge is 2.12. The van der Waals surface area contributed by atoms with Crippen molar-refractivity contribution in [1.29, 1.82) is 0 Å². The van der Waals surface area contributed by atoms with Gasteiger partial charge in [-0.1, -0.05) is 6.07 Å². The van der Waals surface area contributed by atoms with Crippen molar-refractivity contribution in [1.82, 2.24) is 20.2 Å². The average molecular weight is 343 g/mol. The number of hydrogen-bond acceptors (Lipinski definition) is 6. The Balaban J connectivity index is 1.78. The first-order valence-electron chi connectivity index (χ1n) is 6.88. The van der Waals surface area contributed by atoms with Gasteiger partial charge in [0.2, 0.25) is 0 Å². The monoisotopic (exact) mass is 343 g/mol. The molecular formula is C15H13N5O3S. The lowest BCUT2D eigenvalue weighted by Gasteiger charge is -2.07. The number of nitrogens with zero attached hydrogens (tertiary/aromatic N) is 4. The van der Waals surface area contributed by atoms with Gasteiger partial charge in [-0.3, -0.25) is 4.79 Å². The smallest absolute Gasteiger partial charge is 0.255 e. The second-order valence-corrected chi connectivity index (χ2v) is 7.07. The first-order chi connectivity index (χ1) is 11.4. The molecule has 122 valence electrons. The second-order valence-electron chi connectivity index (χ2n) is 5.06. The van der Waals surface area contributed by atoms with Gasteiger partial charge in [0.1, 0.15) is 6.33 Å². The second kappa shape index (κ2) is 6.20. The lowest BCUT2D eigenvalue weighted by atomic mass is 10.2. The predicted octanol–water partition coefficient (Wildman–Crippen LogP) is 1.32. The van der Waals surface area contributed by atoms with E-state index in [4.69, 9.17) is 0 Å². The molecule has 1 heterocycles. The highest BCUT2D eigenvalue weighted by molar-refractivity contribution is 7.90. The number of amides is 1. The summed E-state index contributed by atoms with van der Waals surface area (Å²) in [4.78, 5) is 12.4. The number of anilines is 1. The Hall–Kier alpha value is -3.07. The summed E-state index contributed by atoms with van der Waals surface area (Å²) in [5, 5.41) is 13.6. The molecule has 0 atom stereocenters. The lowest BCUT2D eigenvalue weighted by molar-refractivity contribution is 0.102. The van der Waals surface area contributed by atoms with Gasteiger partial charge >= 0.3 is 0 Å². The molecule has 3 rings (SSSR count). The molecular weight excluding hydrogens is 330 g/mol. The van der Waals surface area contributed by atoms with Gasteiger partial charge in [0, 0.05) is 17.5 Å². The maximum Gasteiger partial charge on any atom is 0.255 e. The van der Waals surface area contributed by atoms with Crippen LogP contribution >= 0.6 is 0 Å². The highest BCUT2D eigenvalue weighted by atomic mass is 32.2. The zero-order valence-corrected chi connectivity index (χ0v) is 13.4. The van der Waals surface area contributed by atoms with E-state index in [1.54, 1.807) is 30.3 Å². The van der Waals surface area contributed by atoms with E-state index < -0.39 is 15.7 Å². The van der Waals surface area contributed by atoms with Crippen molar-refractivity contribution in [3.8, 4) is 5.69 Å². The van der Waals surface area contributed by atoms with Gasteiger partial charge in [-0.2, -0.15) is 0 Å². The molecule has 2 aromatic carbocycles. The Bertz CT molecular complexity index is 967. The van der Waals surface area contributed by atoms with Crippen LogP contribution in [-0.4, -0.2) is 40.8 Å². The van der Waals surface area contributed by atoms with Crippen LogP contribution in [0.5, 0.6) is 0 Å². The summed E-state index contributed by atoms with van der Waals surface area (Å²) >= 11 is 0. The quantitative estimate of drug-likeness (QED) is 0.765. The Morgan fingerprint density at radius 1 is 1.12 bits per heavy atom. The summed E-state index contributed by atoms with van der Waals surface area (Å²) in [6, 6.07) is 12.8. The topological polar surface area (TPSA) is 107 Å². The Kier molecular flexibility index (Phi) is 4.09. The van der Waals surface area contributed by atoms with Gasteiger partial charge in [-0.05, 0) is 52.9 Å². The van der Waals surface area contributed by atoms with Crippen molar-refractivity contribution in [2.24, 2.45) is 0 Å². The SMILES string of the molecule is CS(=O)(=O)c1cccc(C(=O)Nc2ccc(-n3cnnn3)cc2)c1. The van der Waals surface area contributed by atoms with Crippen molar-refractivity contribution >= 4 is 21.4 Å². The van der Waals surface area contributed by atoms with Gasteiger partial charge < -0.3 is 5.32 Å². The number of nitrogens with one attached hydrogen (secondary N) is 1. The third-order valence-electron chi connectivity index (χ3n) is 3.26. The number of hydrogen-bond donors (Lipinski definition) is 1. The summed E-state index contributed by atoms with van der Waals surface area (Å²) in [6.45, 7) is 0. The molecule has 1 amide bonds. The molecule has 0 saturated heterocycles. The summed E-state index contributed by atoms with van der Waals surface area (Å²) in [5.41, 5.74) is 1.58. The van der Waals surface area contributed by atoms with Crippen molar-refractivity contribution in [2.75, 3.05) is 11.6 Å². The van der Waals surface area contributed by atoms with Crippen LogP contribution in [0.4, 0.5) is 5.69 Å². The molecule has 0 radical (unpaired) electrons. The predicted molar refractivity (Wildman–Crippen MR) is 86.7 cm³/mol. The number of rotatable bonds is 4. The fourth-order valence-electron chi connectivity index (χ4n) is 2.05. The molecule has 0 aliphatic heterocycles. The van der Waals surface area contributed by atoms with Crippen LogP contribution in [0.25, 0.3) is 5.69 Å². The Labute approximate surface area is 138 Å². The molecule has 0 saturated carbocycles. The first kappa shape index (κ1) is 15.8. The molecule has 0 aliphatic carbocycles. The number of tetrazole rings is 1. The van der Waals surface area contributed by atoms with Gasteiger partial charge in [-0.25, -0.2) is 13.1 Å². The van der Waals surface area contributed by atoms with E-state index in [1.165, 1.54) is 29.2 Å². The molecule has 0 unspecified atom stereocenters. The van der Waals surface area contributed by atoms with Gasteiger partial charge in [0.25, 0.3) is 5.91 Å². The van der Waals surface area contributed by atoms with Crippen LogP contribution in [0.15, 0.2) is 59.8 Å². The molecule has 0 fully saturated rings. The largest absolute Gasteiger partial charge is 0.322 e. The molecule has 1 aromatic heterocycles. The zero-order chi connectivity index (χ0) is 17.2.